The van der Waals surface area contributed by atoms with E-state index in [1.54, 1.807) is 0 Å². The second-order valence-electron chi connectivity index (χ2n) is 6.29. The van der Waals surface area contributed by atoms with Crippen molar-refractivity contribution in [2.45, 2.75) is 30.1 Å². The summed E-state index contributed by atoms with van der Waals surface area (Å²) in [5.74, 6) is -4.57. The number of carbonyl (C=O) groups is 1. The predicted molar refractivity (Wildman–Crippen MR) is 90.6 cm³/mol. The van der Waals surface area contributed by atoms with Crippen LogP contribution in [0.25, 0.3) is 0 Å². The Morgan fingerprint density at radius 2 is 1.75 bits per heavy atom. The molecule has 0 bridgehead atoms. The van der Waals surface area contributed by atoms with E-state index in [0.29, 0.717) is 4.90 Å². The molecule has 22 heteroatoms. The second kappa shape index (κ2) is 9.05. The summed E-state index contributed by atoms with van der Waals surface area (Å²) in [4.78, 5) is 47.0. The van der Waals surface area contributed by atoms with Gasteiger partial charge in [-0.25, -0.2) is 22.5 Å². The van der Waals surface area contributed by atoms with Crippen LogP contribution in [-0.4, -0.2) is 89.1 Å². The van der Waals surface area contributed by atoms with E-state index in [2.05, 4.69) is 17.9 Å². The fraction of sp³-hybridized carbons (Fsp3) is 0.700. The van der Waals surface area contributed by atoms with Crippen molar-refractivity contribution in [3.63, 3.8) is 0 Å². The van der Waals surface area contributed by atoms with Crippen LogP contribution in [0.3, 0.4) is 0 Å². The average molecular weight is 536 g/mol. The van der Waals surface area contributed by atoms with Crippen LogP contribution in [0.4, 0.5) is 8.78 Å². The SMILES string of the molecule is O=C1C=CN(C2OC(F)(COP(=O)(O)OP(=O)(O)OP(=O)(O)O)C(O)C2(O)CF)C(O)N1. The molecule has 1 fully saturated rings. The maximum Gasteiger partial charge on any atom is 0.490 e. The maximum atomic E-state index is 15.1. The highest BCUT2D eigenvalue weighted by Crippen LogP contribution is 2.66. The third-order valence-electron chi connectivity index (χ3n) is 3.89. The lowest BCUT2D eigenvalue weighted by molar-refractivity contribution is -0.227. The van der Waals surface area contributed by atoms with Gasteiger partial charge in [0.15, 0.2) is 17.9 Å². The monoisotopic (exact) mass is 536 g/mol. The molecule has 8 N–H and O–H groups in total. The minimum atomic E-state index is -5.94. The first-order valence-corrected chi connectivity index (χ1v) is 12.4. The number of halogens is 2. The number of hydrogen-bond acceptors (Lipinski definition) is 12. The van der Waals surface area contributed by atoms with Crippen molar-refractivity contribution >= 4 is 29.4 Å². The van der Waals surface area contributed by atoms with E-state index in [4.69, 9.17) is 14.7 Å². The molecule has 0 aromatic carbocycles. The summed E-state index contributed by atoms with van der Waals surface area (Å²) in [6, 6.07) is 0. The minimum absolute atomic E-state index is 0.469. The molecule has 1 saturated heterocycles. The van der Waals surface area contributed by atoms with E-state index < -0.39 is 72.8 Å². The van der Waals surface area contributed by atoms with Gasteiger partial charge >= 0.3 is 23.5 Å². The number of hydrogen-bond donors (Lipinski definition) is 8. The highest BCUT2D eigenvalue weighted by Gasteiger charge is 2.67. The highest BCUT2D eigenvalue weighted by molar-refractivity contribution is 7.66. The Kier molecular flexibility index (Phi) is 7.74. The molecule has 2 rings (SSSR count). The van der Waals surface area contributed by atoms with Gasteiger partial charge in [0.25, 0.3) is 5.85 Å². The lowest BCUT2D eigenvalue weighted by Crippen LogP contribution is -2.61. The number of ether oxygens (including phenoxy) is 1. The zero-order valence-corrected chi connectivity index (χ0v) is 17.9. The summed E-state index contributed by atoms with van der Waals surface area (Å²) >= 11 is 0. The van der Waals surface area contributed by atoms with Crippen molar-refractivity contribution in [3.05, 3.63) is 12.3 Å². The van der Waals surface area contributed by atoms with Gasteiger partial charge in [0.05, 0.1) is 0 Å². The van der Waals surface area contributed by atoms with Gasteiger partial charge in [-0.3, -0.25) is 9.32 Å². The first kappa shape index (κ1) is 27.4. The standard InChI is InChI=1S/C10H17F2N2O15P3/c11-3-9(18)6(16)10(12,27-7(9)14-2-1-5(15)13-8(14)17)4-26-31(22,23)29-32(24,25)28-30(19,20)21/h1-2,6-8,16-18H,3-4H2,(H,13,15)(H,22,23)(H,24,25)(H2,19,20,21). The quantitative estimate of drug-likeness (QED) is 0.143. The Morgan fingerprint density at radius 3 is 2.25 bits per heavy atom. The van der Waals surface area contributed by atoms with E-state index in [-0.39, 0.29) is 0 Å². The maximum absolute atomic E-state index is 15.1. The molecule has 0 aliphatic carbocycles. The Balaban J connectivity index is 2.20. The summed E-state index contributed by atoms with van der Waals surface area (Å²) < 4.78 is 77.7. The summed E-state index contributed by atoms with van der Waals surface area (Å²) in [5, 5.41) is 32.1. The Hall–Kier alpha value is -0.880. The van der Waals surface area contributed by atoms with E-state index >= 15 is 4.39 Å². The van der Waals surface area contributed by atoms with Crippen molar-refractivity contribution in [1.82, 2.24) is 10.2 Å². The van der Waals surface area contributed by atoms with Gasteiger partial charge in [0.1, 0.15) is 13.3 Å². The molecule has 2 heterocycles. The molecule has 0 saturated carbocycles. The lowest BCUT2D eigenvalue weighted by atomic mass is 9.94. The van der Waals surface area contributed by atoms with Crippen LogP contribution in [0.2, 0.25) is 0 Å². The topological polar surface area (TPSA) is 262 Å². The zero-order chi connectivity index (χ0) is 24.8. The van der Waals surface area contributed by atoms with Crippen LogP contribution in [0.1, 0.15) is 0 Å². The number of aliphatic hydroxyl groups excluding tert-OH is 2. The molecule has 17 nitrogen and oxygen atoms in total. The molecular weight excluding hydrogens is 519 g/mol. The molecule has 1 amide bonds. The molecule has 7 unspecified atom stereocenters. The Bertz CT molecular complexity index is 916. The molecule has 0 aromatic heterocycles. The third kappa shape index (κ3) is 6.16. The van der Waals surface area contributed by atoms with Crippen LogP contribution < -0.4 is 5.32 Å². The molecule has 2 aliphatic heterocycles. The van der Waals surface area contributed by atoms with E-state index in [9.17, 15) is 43.1 Å². The summed E-state index contributed by atoms with van der Waals surface area (Å²) in [7, 11) is -17.5. The molecule has 0 radical (unpaired) electrons. The van der Waals surface area contributed by atoms with Crippen molar-refractivity contribution in [3.8, 4) is 0 Å². The van der Waals surface area contributed by atoms with Crippen LogP contribution in [-0.2, 0) is 36.4 Å². The van der Waals surface area contributed by atoms with Crippen LogP contribution >= 0.6 is 23.5 Å². The van der Waals surface area contributed by atoms with Crippen LogP contribution in [0, 0.1) is 0 Å². The van der Waals surface area contributed by atoms with Gasteiger partial charge in [-0.05, 0) is 0 Å². The van der Waals surface area contributed by atoms with Crippen LogP contribution in [0.5, 0.6) is 0 Å². The third-order valence-corrected chi connectivity index (χ3v) is 7.68. The number of nitrogens with zero attached hydrogens (tertiary/aromatic N) is 1. The normalized spacial score (nSPS) is 37.1. The Labute approximate surface area is 176 Å². The molecule has 0 spiro atoms. The van der Waals surface area contributed by atoms with E-state index in [0.717, 1.165) is 12.3 Å². The fourth-order valence-electron chi connectivity index (χ4n) is 2.60. The first-order chi connectivity index (χ1) is 14.3. The van der Waals surface area contributed by atoms with Gasteiger partial charge in [-0.15, -0.1) is 0 Å². The van der Waals surface area contributed by atoms with Gasteiger partial charge in [-0.1, -0.05) is 0 Å². The summed E-state index contributed by atoms with van der Waals surface area (Å²) in [6.45, 7) is -3.80. The van der Waals surface area contributed by atoms with Gasteiger partial charge in [0.2, 0.25) is 12.3 Å². The number of phosphoric acid groups is 3. The van der Waals surface area contributed by atoms with Crippen molar-refractivity contribution in [1.29, 1.82) is 0 Å². The molecule has 7 atom stereocenters. The average Bonchev–Trinajstić information content (AvgIpc) is 2.80. The van der Waals surface area contributed by atoms with Gasteiger partial charge in [-0.2, -0.15) is 8.62 Å². The van der Waals surface area contributed by atoms with Gasteiger partial charge < -0.3 is 49.8 Å². The zero-order valence-electron chi connectivity index (χ0n) is 15.2. The minimum Gasteiger partial charge on any atom is -0.384 e. The van der Waals surface area contributed by atoms with Crippen LogP contribution in [0.15, 0.2) is 12.3 Å². The largest absolute Gasteiger partial charge is 0.490 e. The molecule has 32 heavy (non-hydrogen) atoms. The molecule has 186 valence electrons. The van der Waals surface area contributed by atoms with E-state index in [1.807, 2.05) is 5.32 Å². The number of alkyl halides is 2. The fourth-order valence-corrected chi connectivity index (χ4v) is 5.63. The first-order valence-electron chi connectivity index (χ1n) is 7.90. The smallest absolute Gasteiger partial charge is 0.384 e. The van der Waals surface area contributed by atoms with Crippen molar-refractivity contribution < 1.29 is 80.0 Å². The van der Waals surface area contributed by atoms with Crippen molar-refractivity contribution in [2.75, 3.05) is 13.3 Å². The van der Waals surface area contributed by atoms with E-state index in [1.165, 1.54) is 0 Å². The predicted octanol–water partition coefficient (Wildman–Crippen LogP) is -2.37. The number of phosphoric ester groups is 1. The number of carbonyl (C=O) groups excluding carboxylic acids is 1. The number of amides is 1. The highest BCUT2D eigenvalue weighted by atomic mass is 31.3. The number of rotatable bonds is 9. The molecule has 2 aliphatic rings. The number of nitrogens with one attached hydrogen (secondary N) is 1. The lowest BCUT2D eigenvalue weighted by Gasteiger charge is -2.39. The summed E-state index contributed by atoms with van der Waals surface area (Å²) in [6.07, 6.45) is -5.64. The molecular formula is C10H17F2N2O15P3. The Morgan fingerprint density at radius 1 is 1.16 bits per heavy atom. The molecule has 0 aromatic rings. The van der Waals surface area contributed by atoms with Crippen molar-refractivity contribution in [2.24, 2.45) is 0 Å². The number of aliphatic hydroxyl groups is 3. The summed E-state index contributed by atoms with van der Waals surface area (Å²) in [5.41, 5.74) is -3.15. The second-order valence-corrected chi connectivity index (χ2v) is 10.7. The van der Waals surface area contributed by atoms with Gasteiger partial charge in [0, 0.05) is 12.3 Å².